The molecule has 286 valence electrons. The quantitative estimate of drug-likeness (QED) is 0.111. The Bertz CT molecular complexity index is 2010. The van der Waals surface area contributed by atoms with Gasteiger partial charge in [-0.15, -0.1) is 0 Å². The predicted octanol–water partition coefficient (Wildman–Crippen LogP) is 6.71. The van der Waals surface area contributed by atoms with Crippen LogP contribution in [0.4, 0.5) is 44.5 Å². The molecule has 0 spiro atoms. The third kappa shape index (κ3) is 9.36. The van der Waals surface area contributed by atoms with Gasteiger partial charge in [0.05, 0.1) is 20.1 Å². The molecule has 4 aromatic rings. The van der Waals surface area contributed by atoms with Crippen molar-refractivity contribution in [3.63, 3.8) is 0 Å². The van der Waals surface area contributed by atoms with Crippen LogP contribution in [-0.4, -0.2) is 109 Å². The summed E-state index contributed by atoms with van der Waals surface area (Å²) in [6.07, 6.45) is 1.08. The van der Waals surface area contributed by atoms with E-state index in [1.807, 2.05) is 33.2 Å². The van der Waals surface area contributed by atoms with Crippen LogP contribution in [0.3, 0.4) is 0 Å². The van der Waals surface area contributed by atoms with Gasteiger partial charge >= 0.3 is 12.1 Å². The number of aryl methyl sites for hydroxylation is 1. The summed E-state index contributed by atoms with van der Waals surface area (Å²) in [5.41, 5.74) is 2.72. The number of rotatable bonds is 15. The molecule has 54 heavy (non-hydrogen) atoms. The van der Waals surface area contributed by atoms with Crippen LogP contribution < -0.4 is 30.2 Å². The molecule has 1 unspecified atom stereocenters. The Morgan fingerprint density at radius 3 is 1.80 bits per heavy atom. The number of amides is 4. The number of urea groups is 2. The number of aromatic nitrogens is 4. The number of nitrogens with zero attached hydrogens (tertiary/aromatic N) is 9. The van der Waals surface area contributed by atoms with Gasteiger partial charge in [-0.1, -0.05) is 46.4 Å². The van der Waals surface area contributed by atoms with Gasteiger partial charge in [-0.25, -0.2) is 19.6 Å². The predicted molar refractivity (Wildman–Crippen MR) is 216 cm³/mol. The molecule has 0 saturated carbocycles. The lowest BCUT2D eigenvalue weighted by molar-refractivity contribution is 0.254. The van der Waals surface area contributed by atoms with Gasteiger partial charge in [0.15, 0.2) is 0 Å². The molecular formula is C36H41Cl4N11O3. The third-order valence-corrected chi connectivity index (χ3v) is 10.4. The van der Waals surface area contributed by atoms with Gasteiger partial charge in [-0.3, -0.25) is 19.6 Å². The van der Waals surface area contributed by atoms with Crippen LogP contribution in [0.25, 0.3) is 0 Å². The first kappa shape index (κ1) is 39.5. The van der Waals surface area contributed by atoms with Crippen molar-refractivity contribution in [1.82, 2.24) is 24.8 Å². The molecule has 4 amide bonds. The molecule has 3 N–H and O–H groups in total. The van der Waals surface area contributed by atoms with Crippen LogP contribution in [0.2, 0.25) is 20.1 Å². The molecule has 6 rings (SSSR count). The first-order chi connectivity index (χ1) is 25.9. The van der Waals surface area contributed by atoms with Crippen molar-refractivity contribution in [3.05, 3.63) is 80.0 Å². The summed E-state index contributed by atoms with van der Waals surface area (Å²) in [6, 6.07) is 13.4. The monoisotopic (exact) mass is 815 g/mol. The number of aliphatic hydroxyl groups is 1. The smallest absolute Gasteiger partial charge is 0.331 e. The van der Waals surface area contributed by atoms with E-state index in [2.05, 4.69) is 20.5 Å². The first-order valence-electron chi connectivity index (χ1n) is 17.4. The molecule has 2 aliphatic rings. The number of carbonyl (C=O) groups excluding carboxylic acids is 2. The lowest BCUT2D eigenvalue weighted by Gasteiger charge is -2.23. The van der Waals surface area contributed by atoms with Gasteiger partial charge < -0.3 is 20.6 Å². The molecule has 18 heteroatoms. The number of benzene rings is 2. The number of anilines is 6. The summed E-state index contributed by atoms with van der Waals surface area (Å²) >= 11 is 24.7. The molecular weight excluding hydrogens is 776 g/mol. The lowest BCUT2D eigenvalue weighted by Crippen LogP contribution is -2.34. The normalized spacial score (nSPS) is 15.2. The van der Waals surface area contributed by atoms with Crippen LogP contribution in [0.15, 0.2) is 48.5 Å². The van der Waals surface area contributed by atoms with Crippen molar-refractivity contribution in [1.29, 1.82) is 0 Å². The van der Waals surface area contributed by atoms with Crippen molar-refractivity contribution in [3.8, 4) is 0 Å². The van der Waals surface area contributed by atoms with E-state index in [1.54, 1.807) is 56.0 Å². The Labute approximate surface area is 334 Å². The molecule has 2 aliphatic heterocycles. The van der Waals surface area contributed by atoms with E-state index in [-0.39, 0.29) is 30.5 Å². The SMILES string of the molecule is Cc1cc(NCC(Cc2cc(NCCCO)nc(N3CCN(c4ccc(Cl)c(Cl)c4)C3=O)n2)CN(C)C)nc(N2CCN(c3ccc(Cl)c(Cl)c3)C2=O)n1. The zero-order valence-corrected chi connectivity index (χ0v) is 33.1. The largest absolute Gasteiger partial charge is 0.396 e. The van der Waals surface area contributed by atoms with E-state index in [0.717, 1.165) is 5.69 Å². The van der Waals surface area contributed by atoms with Crippen molar-refractivity contribution in [2.75, 3.05) is 96.7 Å². The second-order valence-electron chi connectivity index (χ2n) is 13.3. The van der Waals surface area contributed by atoms with E-state index in [4.69, 9.17) is 61.4 Å². The summed E-state index contributed by atoms with van der Waals surface area (Å²) in [5, 5.41) is 17.7. The zero-order chi connectivity index (χ0) is 38.5. The van der Waals surface area contributed by atoms with Gasteiger partial charge in [-0.05, 0) is 76.2 Å². The summed E-state index contributed by atoms with van der Waals surface area (Å²) in [5.74, 6) is 1.78. The molecule has 2 aromatic carbocycles. The average molecular weight is 818 g/mol. The Morgan fingerprint density at radius 2 is 1.26 bits per heavy atom. The highest BCUT2D eigenvalue weighted by molar-refractivity contribution is 6.42. The second kappa shape index (κ2) is 17.5. The van der Waals surface area contributed by atoms with Crippen LogP contribution >= 0.6 is 46.4 Å². The van der Waals surface area contributed by atoms with E-state index in [1.165, 1.54) is 0 Å². The van der Waals surface area contributed by atoms with Crippen molar-refractivity contribution < 1.29 is 14.7 Å². The molecule has 0 bridgehead atoms. The summed E-state index contributed by atoms with van der Waals surface area (Å²) in [4.78, 5) is 54.5. The van der Waals surface area contributed by atoms with Gasteiger partial charge in [0, 0.05) is 87.3 Å². The van der Waals surface area contributed by atoms with Gasteiger partial charge in [0.2, 0.25) is 11.9 Å². The fraction of sp³-hybridized carbons (Fsp3) is 0.389. The number of halogens is 4. The minimum absolute atomic E-state index is 0.0310. The molecule has 2 saturated heterocycles. The highest BCUT2D eigenvalue weighted by Crippen LogP contribution is 2.32. The number of hydrogen-bond donors (Lipinski definition) is 3. The second-order valence-corrected chi connectivity index (χ2v) is 15.0. The fourth-order valence-corrected chi connectivity index (χ4v) is 6.94. The Hall–Kier alpha value is -4.18. The number of carbonyl (C=O) groups is 2. The average Bonchev–Trinajstić information content (AvgIpc) is 3.71. The Balaban J connectivity index is 1.19. The number of nitrogens with one attached hydrogen (secondary N) is 2. The first-order valence-corrected chi connectivity index (χ1v) is 19.0. The molecule has 2 fully saturated rings. The lowest BCUT2D eigenvalue weighted by atomic mass is 10.0. The Morgan fingerprint density at radius 1 is 0.722 bits per heavy atom. The number of hydrogen-bond acceptors (Lipinski definition) is 10. The van der Waals surface area contributed by atoms with Gasteiger partial charge in [0.25, 0.3) is 0 Å². The maximum atomic E-state index is 13.7. The summed E-state index contributed by atoms with van der Waals surface area (Å²) in [7, 11) is 4.01. The topological polar surface area (TPSA) is 146 Å². The maximum absolute atomic E-state index is 13.7. The van der Waals surface area contributed by atoms with Crippen LogP contribution in [-0.2, 0) is 6.42 Å². The molecule has 0 aliphatic carbocycles. The molecule has 1 atom stereocenters. The standard InChI is InChI=1S/C36H41Cl4N11O3/c1-22-15-31(45-33(43-22)50-12-10-48(35(50)53)25-5-7-27(37)29(39)18-25)42-20-23(21-47(2)3)16-24-17-32(41-9-4-14-52)46-34(44-24)51-13-11-49(36(51)54)26-6-8-28(38)30(40)19-26/h5-8,15,17-19,23,52H,4,9-14,16,20-21H2,1-3H3,(H,41,44,46)(H,42,43,45). The van der Waals surface area contributed by atoms with Gasteiger partial charge in [-0.2, -0.15) is 9.97 Å². The fourth-order valence-electron chi connectivity index (χ4n) is 6.35. The van der Waals surface area contributed by atoms with E-state index >= 15 is 0 Å². The molecule has 2 aromatic heterocycles. The van der Waals surface area contributed by atoms with Crippen molar-refractivity contribution in [2.24, 2.45) is 5.92 Å². The van der Waals surface area contributed by atoms with Gasteiger partial charge in [0.1, 0.15) is 11.6 Å². The highest BCUT2D eigenvalue weighted by atomic mass is 35.5. The van der Waals surface area contributed by atoms with Crippen LogP contribution in [0.1, 0.15) is 17.8 Å². The molecule has 4 heterocycles. The highest BCUT2D eigenvalue weighted by Gasteiger charge is 2.34. The van der Waals surface area contributed by atoms with E-state index in [9.17, 15) is 14.7 Å². The minimum Gasteiger partial charge on any atom is -0.396 e. The molecule has 0 radical (unpaired) electrons. The van der Waals surface area contributed by atoms with E-state index < -0.39 is 0 Å². The van der Waals surface area contributed by atoms with Crippen LogP contribution in [0, 0.1) is 12.8 Å². The summed E-state index contributed by atoms with van der Waals surface area (Å²) < 4.78 is 0. The van der Waals surface area contributed by atoms with E-state index in [0.29, 0.717) is 113 Å². The number of aliphatic hydroxyl groups excluding tert-OH is 1. The van der Waals surface area contributed by atoms with Crippen LogP contribution in [0.5, 0.6) is 0 Å². The summed E-state index contributed by atoms with van der Waals surface area (Å²) in [6.45, 7) is 5.27. The zero-order valence-electron chi connectivity index (χ0n) is 30.1. The minimum atomic E-state index is -0.273. The molecule has 14 nitrogen and oxygen atoms in total. The van der Waals surface area contributed by atoms with Crippen molar-refractivity contribution in [2.45, 2.75) is 19.8 Å². The maximum Gasteiger partial charge on any atom is 0.331 e. The Kier molecular flexibility index (Phi) is 12.8. The third-order valence-electron chi connectivity index (χ3n) is 8.87. The van der Waals surface area contributed by atoms with Crippen molar-refractivity contribution >= 4 is 93.4 Å².